The molecule has 0 N–H and O–H groups in total. The van der Waals surface area contributed by atoms with Gasteiger partial charge in [-0.2, -0.15) is 9.65 Å². The normalized spacial score (nSPS) is 9.83. The molecule has 0 saturated carbocycles. The van der Waals surface area contributed by atoms with Crippen molar-refractivity contribution in [1.29, 1.82) is 5.26 Å². The van der Waals surface area contributed by atoms with Gasteiger partial charge in [-0.1, -0.05) is 24.3 Å². The lowest BCUT2D eigenvalue weighted by Crippen LogP contribution is -2.00. The van der Waals surface area contributed by atoms with E-state index in [-0.39, 0.29) is 12.4 Å². The third kappa shape index (κ3) is 2.46. The second-order valence-electron chi connectivity index (χ2n) is 3.61. The van der Waals surface area contributed by atoms with E-state index in [1.54, 1.807) is 24.3 Å². The van der Waals surface area contributed by atoms with Crippen LogP contribution in [0.25, 0.3) is 0 Å². The predicted molar refractivity (Wildman–Crippen MR) is 61.8 cm³/mol. The van der Waals surface area contributed by atoms with Crippen molar-refractivity contribution in [3.05, 3.63) is 65.2 Å². The molecule has 0 heterocycles. The number of benzene rings is 2. The minimum absolute atomic E-state index is 0.0180. The SMILES string of the molecule is N#Cc1ccccc1COc1cccc(F)c1F. The van der Waals surface area contributed by atoms with Crippen LogP contribution in [0.3, 0.4) is 0 Å². The number of ether oxygens (including phenoxy) is 1. The molecule has 0 radical (unpaired) electrons. The Bertz CT molecular complexity index is 605. The van der Waals surface area contributed by atoms with Crippen LogP contribution in [0, 0.1) is 23.0 Å². The molecule has 4 heteroatoms. The van der Waals surface area contributed by atoms with E-state index < -0.39 is 11.6 Å². The summed E-state index contributed by atoms with van der Waals surface area (Å²) in [6.45, 7) is 0.0180. The first-order chi connectivity index (χ1) is 8.72. The molecule has 2 aromatic rings. The molecular weight excluding hydrogens is 236 g/mol. The van der Waals surface area contributed by atoms with Crippen LogP contribution >= 0.6 is 0 Å². The molecule has 0 atom stereocenters. The predicted octanol–water partition coefficient (Wildman–Crippen LogP) is 3.42. The van der Waals surface area contributed by atoms with E-state index in [1.165, 1.54) is 12.1 Å². The summed E-state index contributed by atoms with van der Waals surface area (Å²) in [7, 11) is 0. The van der Waals surface area contributed by atoms with Crippen LogP contribution in [0.15, 0.2) is 42.5 Å². The topological polar surface area (TPSA) is 33.0 Å². The van der Waals surface area contributed by atoms with Gasteiger partial charge in [0.1, 0.15) is 6.61 Å². The van der Waals surface area contributed by atoms with Crippen LogP contribution in [0.2, 0.25) is 0 Å². The van der Waals surface area contributed by atoms with Gasteiger partial charge in [0.2, 0.25) is 5.82 Å². The molecule has 0 fully saturated rings. The second kappa shape index (κ2) is 5.28. The largest absolute Gasteiger partial charge is 0.486 e. The molecule has 18 heavy (non-hydrogen) atoms. The summed E-state index contributed by atoms with van der Waals surface area (Å²) >= 11 is 0. The third-order valence-electron chi connectivity index (χ3n) is 2.44. The van der Waals surface area contributed by atoms with Crippen LogP contribution in [0.5, 0.6) is 5.75 Å². The van der Waals surface area contributed by atoms with E-state index >= 15 is 0 Å². The van der Waals surface area contributed by atoms with E-state index in [1.807, 2.05) is 6.07 Å². The fourth-order valence-electron chi connectivity index (χ4n) is 1.51. The Kier molecular flexibility index (Phi) is 3.54. The van der Waals surface area contributed by atoms with Gasteiger partial charge in [0.25, 0.3) is 0 Å². The number of nitrogens with zero attached hydrogens (tertiary/aromatic N) is 1. The zero-order valence-electron chi connectivity index (χ0n) is 9.36. The number of nitriles is 1. The standard InChI is InChI=1S/C14H9F2NO/c15-12-6-3-7-13(14(12)16)18-9-11-5-2-1-4-10(11)8-17/h1-7H,9H2. The molecule has 2 aromatic carbocycles. The summed E-state index contributed by atoms with van der Waals surface area (Å²) in [5.41, 5.74) is 1.08. The van der Waals surface area contributed by atoms with Crippen molar-refractivity contribution in [3.63, 3.8) is 0 Å². The average Bonchev–Trinajstić information content (AvgIpc) is 2.41. The fraction of sp³-hybridized carbons (Fsp3) is 0.0714. The van der Waals surface area contributed by atoms with Crippen molar-refractivity contribution in [2.45, 2.75) is 6.61 Å². The number of hydrogen-bond acceptors (Lipinski definition) is 2. The summed E-state index contributed by atoms with van der Waals surface area (Å²) in [4.78, 5) is 0. The first kappa shape index (κ1) is 12.1. The monoisotopic (exact) mass is 245 g/mol. The highest BCUT2D eigenvalue weighted by molar-refractivity contribution is 5.37. The maximum absolute atomic E-state index is 13.3. The number of halogens is 2. The molecule has 0 aliphatic carbocycles. The minimum Gasteiger partial charge on any atom is -0.486 e. The zero-order chi connectivity index (χ0) is 13.0. The summed E-state index contributed by atoms with van der Waals surface area (Å²) in [5, 5.41) is 8.87. The number of hydrogen-bond donors (Lipinski definition) is 0. The van der Waals surface area contributed by atoms with E-state index in [4.69, 9.17) is 10.00 Å². The molecule has 0 bridgehead atoms. The molecule has 0 unspecified atom stereocenters. The van der Waals surface area contributed by atoms with Crippen molar-refractivity contribution in [2.24, 2.45) is 0 Å². The van der Waals surface area contributed by atoms with Gasteiger partial charge in [-0.15, -0.1) is 0 Å². The van der Waals surface area contributed by atoms with Crippen LogP contribution in [0.1, 0.15) is 11.1 Å². The summed E-state index contributed by atoms with van der Waals surface area (Å²) in [6.07, 6.45) is 0. The van der Waals surface area contributed by atoms with E-state index in [2.05, 4.69) is 0 Å². The minimum atomic E-state index is -1.02. The Hall–Kier alpha value is -2.41. The third-order valence-corrected chi connectivity index (χ3v) is 2.44. The van der Waals surface area contributed by atoms with Crippen molar-refractivity contribution >= 4 is 0 Å². The van der Waals surface area contributed by atoms with Gasteiger partial charge in [0.15, 0.2) is 11.6 Å². The maximum Gasteiger partial charge on any atom is 0.200 e. The van der Waals surface area contributed by atoms with E-state index in [0.717, 1.165) is 6.07 Å². The van der Waals surface area contributed by atoms with Crippen LogP contribution in [-0.2, 0) is 6.61 Å². The van der Waals surface area contributed by atoms with Crippen LogP contribution < -0.4 is 4.74 Å². The second-order valence-corrected chi connectivity index (χ2v) is 3.61. The Labute approximate surface area is 103 Å². The first-order valence-corrected chi connectivity index (χ1v) is 5.27. The highest BCUT2D eigenvalue weighted by atomic mass is 19.2. The Balaban J connectivity index is 2.17. The highest BCUT2D eigenvalue weighted by Gasteiger charge is 2.09. The molecule has 0 saturated heterocycles. The summed E-state index contributed by atoms with van der Waals surface area (Å²) in [5.74, 6) is -2.14. The summed E-state index contributed by atoms with van der Waals surface area (Å²) < 4.78 is 31.4. The molecule has 0 spiro atoms. The molecule has 90 valence electrons. The van der Waals surface area contributed by atoms with Crippen molar-refractivity contribution in [2.75, 3.05) is 0 Å². The van der Waals surface area contributed by atoms with Gasteiger partial charge >= 0.3 is 0 Å². The molecule has 0 aromatic heterocycles. The molecule has 0 aliphatic heterocycles. The smallest absolute Gasteiger partial charge is 0.200 e. The van der Waals surface area contributed by atoms with Gasteiger partial charge in [0.05, 0.1) is 11.6 Å². The average molecular weight is 245 g/mol. The first-order valence-electron chi connectivity index (χ1n) is 5.27. The van der Waals surface area contributed by atoms with Crippen LogP contribution in [-0.4, -0.2) is 0 Å². The number of rotatable bonds is 3. The van der Waals surface area contributed by atoms with Gasteiger partial charge in [-0.05, 0) is 18.2 Å². The molecular formula is C14H9F2NO. The summed E-state index contributed by atoms with van der Waals surface area (Å²) in [6, 6.07) is 12.6. The van der Waals surface area contributed by atoms with Gasteiger partial charge in [0, 0.05) is 5.56 Å². The molecule has 2 nitrogen and oxygen atoms in total. The van der Waals surface area contributed by atoms with Gasteiger partial charge < -0.3 is 4.74 Å². The Morgan fingerprint density at radius 1 is 1.06 bits per heavy atom. The highest BCUT2D eigenvalue weighted by Crippen LogP contribution is 2.20. The quantitative estimate of drug-likeness (QED) is 0.830. The Morgan fingerprint density at radius 3 is 2.61 bits per heavy atom. The van der Waals surface area contributed by atoms with Crippen LogP contribution in [0.4, 0.5) is 8.78 Å². The molecule has 0 aliphatic rings. The fourth-order valence-corrected chi connectivity index (χ4v) is 1.51. The lowest BCUT2D eigenvalue weighted by atomic mass is 10.1. The van der Waals surface area contributed by atoms with E-state index in [0.29, 0.717) is 11.1 Å². The van der Waals surface area contributed by atoms with Crippen molar-refractivity contribution in [3.8, 4) is 11.8 Å². The maximum atomic E-state index is 13.3. The van der Waals surface area contributed by atoms with Crippen molar-refractivity contribution < 1.29 is 13.5 Å². The lowest BCUT2D eigenvalue weighted by Gasteiger charge is -2.08. The molecule has 0 amide bonds. The molecule has 2 rings (SSSR count). The van der Waals surface area contributed by atoms with Gasteiger partial charge in [-0.25, -0.2) is 4.39 Å². The lowest BCUT2D eigenvalue weighted by molar-refractivity contribution is 0.284. The van der Waals surface area contributed by atoms with E-state index in [9.17, 15) is 8.78 Å². The van der Waals surface area contributed by atoms with Gasteiger partial charge in [-0.3, -0.25) is 0 Å². The Morgan fingerprint density at radius 2 is 1.83 bits per heavy atom. The zero-order valence-corrected chi connectivity index (χ0v) is 9.36. The van der Waals surface area contributed by atoms with Crippen molar-refractivity contribution in [1.82, 2.24) is 0 Å².